The molecule has 0 aliphatic carbocycles. The molecule has 1 aromatic carbocycles. The van der Waals surface area contributed by atoms with Crippen molar-refractivity contribution in [3.05, 3.63) is 29.8 Å². The minimum atomic E-state index is -1.04. The van der Waals surface area contributed by atoms with Gasteiger partial charge in [-0.25, -0.2) is 0 Å². The Morgan fingerprint density at radius 2 is 1.95 bits per heavy atom. The molecule has 0 heterocycles. The fourth-order valence-corrected chi connectivity index (χ4v) is 1.40. The molecule has 0 spiro atoms. The summed E-state index contributed by atoms with van der Waals surface area (Å²) in [5, 5.41) is 11.4. The number of benzene rings is 1. The summed E-state index contributed by atoms with van der Waals surface area (Å²) >= 11 is 0. The second-order valence-electron chi connectivity index (χ2n) is 5.34. The highest BCUT2D eigenvalue weighted by molar-refractivity contribution is 5.94. The van der Waals surface area contributed by atoms with Crippen molar-refractivity contribution in [1.29, 1.82) is 0 Å². The minimum Gasteiger partial charge on any atom is -0.484 e. The molecule has 6 nitrogen and oxygen atoms in total. The van der Waals surface area contributed by atoms with Crippen LogP contribution in [-0.4, -0.2) is 35.9 Å². The quantitative estimate of drug-likeness (QED) is 0.743. The molecule has 0 saturated heterocycles. The topological polar surface area (TPSA) is 92.7 Å². The average molecular weight is 293 g/mol. The maximum atomic E-state index is 11.6. The van der Waals surface area contributed by atoms with E-state index in [1.54, 1.807) is 24.3 Å². The number of carboxylic acid groups (broad SMARTS) is 1. The number of amides is 1. The molecule has 114 valence electrons. The highest BCUT2D eigenvalue weighted by atomic mass is 16.5. The molecule has 0 aliphatic heterocycles. The first kappa shape index (κ1) is 16.7. The van der Waals surface area contributed by atoms with Crippen LogP contribution >= 0.6 is 0 Å². The number of ether oxygens (including phenoxy) is 1. The van der Waals surface area contributed by atoms with Gasteiger partial charge in [0.2, 0.25) is 0 Å². The number of carboxylic acids is 1. The van der Waals surface area contributed by atoms with Crippen molar-refractivity contribution in [2.24, 2.45) is 5.41 Å². The smallest absolute Gasteiger partial charge is 0.310 e. The van der Waals surface area contributed by atoms with Crippen LogP contribution in [-0.2, 0) is 9.59 Å². The molecule has 2 N–H and O–H groups in total. The zero-order chi connectivity index (χ0) is 16.0. The predicted octanol–water partition coefficient (Wildman–Crippen LogP) is 1.49. The van der Waals surface area contributed by atoms with Gasteiger partial charge in [0.15, 0.2) is 12.4 Å². The van der Waals surface area contributed by atoms with E-state index in [1.807, 2.05) is 0 Å². The van der Waals surface area contributed by atoms with Gasteiger partial charge in [-0.1, -0.05) is 12.1 Å². The van der Waals surface area contributed by atoms with E-state index in [2.05, 4.69) is 5.32 Å². The van der Waals surface area contributed by atoms with Crippen molar-refractivity contribution in [2.75, 3.05) is 13.2 Å². The van der Waals surface area contributed by atoms with Crippen LogP contribution in [0, 0.1) is 5.41 Å². The summed E-state index contributed by atoms with van der Waals surface area (Å²) < 4.78 is 5.27. The number of carbonyl (C=O) groups excluding carboxylic acids is 2. The van der Waals surface area contributed by atoms with Gasteiger partial charge in [0.1, 0.15) is 5.75 Å². The molecular formula is C15H19NO5. The number of carbonyl (C=O) groups is 3. The summed E-state index contributed by atoms with van der Waals surface area (Å²) in [7, 11) is 0. The van der Waals surface area contributed by atoms with Gasteiger partial charge in [-0.2, -0.15) is 0 Å². The van der Waals surface area contributed by atoms with Gasteiger partial charge in [-0.15, -0.1) is 0 Å². The van der Waals surface area contributed by atoms with E-state index in [-0.39, 0.29) is 18.9 Å². The molecular weight excluding hydrogens is 274 g/mol. The minimum absolute atomic E-state index is 0.0119. The van der Waals surface area contributed by atoms with Crippen molar-refractivity contribution in [3.63, 3.8) is 0 Å². The van der Waals surface area contributed by atoms with Crippen LogP contribution in [0.4, 0.5) is 0 Å². The Kier molecular flexibility index (Phi) is 5.46. The summed E-state index contributed by atoms with van der Waals surface area (Å²) in [6.07, 6.45) is 0. The Labute approximate surface area is 123 Å². The average Bonchev–Trinajstić information content (AvgIpc) is 2.43. The third-order valence-corrected chi connectivity index (χ3v) is 2.92. The summed E-state index contributed by atoms with van der Waals surface area (Å²) in [6.45, 7) is 4.26. The van der Waals surface area contributed by atoms with E-state index in [9.17, 15) is 14.4 Å². The monoisotopic (exact) mass is 293 g/mol. The summed E-state index contributed by atoms with van der Waals surface area (Å²) in [4.78, 5) is 33.7. The van der Waals surface area contributed by atoms with Crippen molar-refractivity contribution in [3.8, 4) is 5.75 Å². The fourth-order valence-electron chi connectivity index (χ4n) is 1.40. The van der Waals surface area contributed by atoms with Gasteiger partial charge in [0.05, 0.1) is 5.41 Å². The third-order valence-electron chi connectivity index (χ3n) is 2.92. The van der Waals surface area contributed by atoms with Crippen LogP contribution in [0.3, 0.4) is 0 Å². The number of hydrogen-bond acceptors (Lipinski definition) is 4. The summed E-state index contributed by atoms with van der Waals surface area (Å²) in [5.74, 6) is -1.08. The second-order valence-corrected chi connectivity index (χ2v) is 5.34. The summed E-state index contributed by atoms with van der Waals surface area (Å²) in [5.41, 5.74) is -0.538. The molecule has 0 aromatic heterocycles. The molecule has 6 heteroatoms. The maximum Gasteiger partial charge on any atom is 0.310 e. The van der Waals surface area contributed by atoms with Gasteiger partial charge >= 0.3 is 5.97 Å². The Morgan fingerprint density at radius 1 is 1.29 bits per heavy atom. The van der Waals surface area contributed by atoms with Crippen LogP contribution in [0.1, 0.15) is 31.1 Å². The zero-order valence-electron chi connectivity index (χ0n) is 12.3. The SMILES string of the molecule is CC(=O)c1cccc(OCC(=O)NCC(C)(C)C(=O)O)c1. The number of rotatable bonds is 7. The molecule has 1 amide bonds. The molecule has 0 radical (unpaired) electrons. The normalized spacial score (nSPS) is 10.8. The van der Waals surface area contributed by atoms with E-state index >= 15 is 0 Å². The molecule has 21 heavy (non-hydrogen) atoms. The standard InChI is InChI=1S/C15H19NO5/c1-10(17)11-5-4-6-12(7-11)21-8-13(18)16-9-15(2,3)14(19)20/h4-7H,8-9H2,1-3H3,(H,16,18)(H,19,20). The lowest BCUT2D eigenvalue weighted by Gasteiger charge is -2.19. The van der Waals surface area contributed by atoms with Crippen molar-refractivity contribution < 1.29 is 24.2 Å². The molecule has 0 bridgehead atoms. The van der Waals surface area contributed by atoms with Crippen molar-refractivity contribution >= 4 is 17.7 Å². The van der Waals surface area contributed by atoms with Crippen LogP contribution in [0.15, 0.2) is 24.3 Å². The van der Waals surface area contributed by atoms with E-state index in [4.69, 9.17) is 9.84 Å². The molecule has 1 rings (SSSR count). The lowest BCUT2D eigenvalue weighted by Crippen LogP contribution is -2.40. The number of Topliss-reactive ketones (excluding diaryl/α,β-unsaturated/α-hetero) is 1. The van der Waals surface area contributed by atoms with Gasteiger partial charge in [0, 0.05) is 12.1 Å². The number of hydrogen-bond donors (Lipinski definition) is 2. The van der Waals surface area contributed by atoms with Gasteiger partial charge in [-0.05, 0) is 32.9 Å². The molecule has 1 aromatic rings. The van der Waals surface area contributed by atoms with E-state index in [1.165, 1.54) is 20.8 Å². The summed E-state index contributed by atoms with van der Waals surface area (Å²) in [6, 6.07) is 6.51. The first-order chi connectivity index (χ1) is 9.72. The van der Waals surface area contributed by atoms with Crippen LogP contribution in [0.5, 0.6) is 5.75 Å². The lowest BCUT2D eigenvalue weighted by atomic mass is 9.94. The highest BCUT2D eigenvalue weighted by Crippen LogP contribution is 2.14. The lowest BCUT2D eigenvalue weighted by molar-refractivity contribution is -0.146. The maximum absolute atomic E-state index is 11.6. The van der Waals surface area contributed by atoms with Crippen LogP contribution in [0.25, 0.3) is 0 Å². The van der Waals surface area contributed by atoms with Crippen LogP contribution < -0.4 is 10.1 Å². The fraction of sp³-hybridized carbons (Fsp3) is 0.400. The Hall–Kier alpha value is -2.37. The number of ketones is 1. The first-order valence-electron chi connectivity index (χ1n) is 6.46. The molecule has 0 saturated carbocycles. The van der Waals surface area contributed by atoms with E-state index in [0.29, 0.717) is 11.3 Å². The number of nitrogens with one attached hydrogen (secondary N) is 1. The molecule has 0 unspecified atom stereocenters. The molecule has 0 atom stereocenters. The third kappa shape index (κ3) is 5.25. The molecule has 0 fully saturated rings. The van der Waals surface area contributed by atoms with Crippen molar-refractivity contribution in [2.45, 2.75) is 20.8 Å². The van der Waals surface area contributed by atoms with Gasteiger partial charge in [0.25, 0.3) is 5.91 Å². The van der Waals surface area contributed by atoms with Crippen LogP contribution in [0.2, 0.25) is 0 Å². The number of aliphatic carboxylic acids is 1. The molecule has 0 aliphatic rings. The van der Waals surface area contributed by atoms with Gasteiger partial charge < -0.3 is 15.2 Å². The Bertz CT molecular complexity index is 551. The zero-order valence-corrected chi connectivity index (χ0v) is 12.3. The highest BCUT2D eigenvalue weighted by Gasteiger charge is 2.27. The predicted molar refractivity (Wildman–Crippen MR) is 76.4 cm³/mol. The van der Waals surface area contributed by atoms with E-state index in [0.717, 1.165) is 0 Å². The largest absolute Gasteiger partial charge is 0.484 e. The second kappa shape index (κ2) is 6.88. The van der Waals surface area contributed by atoms with Gasteiger partial charge in [-0.3, -0.25) is 14.4 Å². The van der Waals surface area contributed by atoms with Crippen molar-refractivity contribution in [1.82, 2.24) is 5.32 Å². The Morgan fingerprint density at radius 3 is 2.52 bits per heavy atom. The van der Waals surface area contributed by atoms with E-state index < -0.39 is 17.3 Å². The first-order valence-corrected chi connectivity index (χ1v) is 6.46. The Balaban J connectivity index is 2.48.